The van der Waals surface area contributed by atoms with Gasteiger partial charge >= 0.3 is 0 Å². The molecule has 1 aliphatic rings. The summed E-state index contributed by atoms with van der Waals surface area (Å²) in [7, 11) is 1.70. The van der Waals surface area contributed by atoms with Crippen molar-refractivity contribution in [3.63, 3.8) is 0 Å². The zero-order valence-electron chi connectivity index (χ0n) is 10.2. The highest BCUT2D eigenvalue weighted by atomic mass is 35.5. The average Bonchev–Trinajstić information content (AvgIpc) is 2.30. The van der Waals surface area contributed by atoms with Crippen molar-refractivity contribution in [2.24, 2.45) is 0 Å². The fourth-order valence-electron chi connectivity index (χ4n) is 2.00. The van der Waals surface area contributed by atoms with E-state index in [9.17, 15) is 0 Å². The lowest BCUT2D eigenvalue weighted by Crippen LogP contribution is -2.49. The molecule has 0 aromatic heterocycles. The predicted octanol–water partition coefficient (Wildman–Crippen LogP) is 2.34. The molecule has 0 bridgehead atoms. The lowest BCUT2D eigenvalue weighted by atomic mass is 10.2. The lowest BCUT2D eigenvalue weighted by Gasteiger charge is -2.35. The third-order valence-electron chi connectivity index (χ3n) is 2.91. The Morgan fingerprint density at radius 3 is 2.41 bits per heavy atom. The molecule has 1 unspecified atom stereocenters. The first-order valence-corrected chi connectivity index (χ1v) is 5.42. The molecule has 1 saturated heterocycles. The van der Waals surface area contributed by atoms with Crippen LogP contribution in [0.3, 0.4) is 0 Å². The Labute approximate surface area is 115 Å². The van der Waals surface area contributed by atoms with Crippen LogP contribution in [0.2, 0.25) is 0 Å². The third-order valence-corrected chi connectivity index (χ3v) is 2.91. The second kappa shape index (κ2) is 7.64. The van der Waals surface area contributed by atoms with Crippen molar-refractivity contribution in [1.82, 2.24) is 5.32 Å². The van der Waals surface area contributed by atoms with Gasteiger partial charge in [0.05, 0.1) is 7.11 Å². The Hall–Kier alpha value is -0.640. The van der Waals surface area contributed by atoms with Gasteiger partial charge in [0.25, 0.3) is 0 Å². The van der Waals surface area contributed by atoms with Crippen LogP contribution >= 0.6 is 24.8 Å². The van der Waals surface area contributed by atoms with E-state index in [2.05, 4.69) is 29.3 Å². The number of anilines is 1. The Morgan fingerprint density at radius 1 is 1.24 bits per heavy atom. The maximum atomic E-state index is 5.15. The Kier molecular flexibility index (Phi) is 7.35. The minimum absolute atomic E-state index is 0. The van der Waals surface area contributed by atoms with Crippen molar-refractivity contribution in [3.8, 4) is 5.75 Å². The van der Waals surface area contributed by atoms with Crippen LogP contribution in [-0.2, 0) is 0 Å². The number of hydrogen-bond acceptors (Lipinski definition) is 3. The summed E-state index contributed by atoms with van der Waals surface area (Å²) in [5, 5.41) is 3.39. The maximum absolute atomic E-state index is 5.15. The summed E-state index contributed by atoms with van der Waals surface area (Å²) in [6.45, 7) is 5.45. The normalized spacial score (nSPS) is 18.9. The van der Waals surface area contributed by atoms with Crippen LogP contribution in [0.15, 0.2) is 24.3 Å². The van der Waals surface area contributed by atoms with Gasteiger partial charge in [-0.1, -0.05) is 0 Å². The van der Waals surface area contributed by atoms with Crippen LogP contribution in [0, 0.1) is 0 Å². The molecule has 3 nitrogen and oxygen atoms in total. The molecular formula is C12H20Cl2N2O. The molecular weight excluding hydrogens is 259 g/mol. The second-order valence-electron chi connectivity index (χ2n) is 3.94. The summed E-state index contributed by atoms with van der Waals surface area (Å²) in [6.07, 6.45) is 0. The van der Waals surface area contributed by atoms with Gasteiger partial charge in [-0.2, -0.15) is 0 Å². The van der Waals surface area contributed by atoms with Crippen molar-refractivity contribution >= 4 is 30.5 Å². The number of halogens is 2. The zero-order chi connectivity index (χ0) is 10.7. The van der Waals surface area contributed by atoms with Gasteiger partial charge in [0.15, 0.2) is 0 Å². The van der Waals surface area contributed by atoms with Crippen LogP contribution in [0.25, 0.3) is 0 Å². The molecule has 5 heteroatoms. The second-order valence-corrected chi connectivity index (χ2v) is 3.94. The van der Waals surface area contributed by atoms with Crippen molar-refractivity contribution < 1.29 is 4.74 Å². The van der Waals surface area contributed by atoms with Crippen LogP contribution in [-0.4, -0.2) is 32.8 Å². The van der Waals surface area contributed by atoms with Crippen LogP contribution < -0.4 is 15.0 Å². The number of rotatable bonds is 2. The average molecular weight is 279 g/mol. The van der Waals surface area contributed by atoms with E-state index in [1.165, 1.54) is 5.69 Å². The van der Waals surface area contributed by atoms with Gasteiger partial charge in [-0.15, -0.1) is 24.8 Å². The number of hydrogen-bond donors (Lipinski definition) is 1. The molecule has 0 aliphatic carbocycles. The molecule has 98 valence electrons. The molecule has 0 spiro atoms. The fraction of sp³-hybridized carbons (Fsp3) is 0.500. The van der Waals surface area contributed by atoms with Gasteiger partial charge in [-0.05, 0) is 31.2 Å². The van der Waals surface area contributed by atoms with Gasteiger partial charge in [-0.25, -0.2) is 0 Å². The van der Waals surface area contributed by atoms with E-state index < -0.39 is 0 Å². The molecule has 1 fully saturated rings. The number of methoxy groups -OCH3 is 1. The fourth-order valence-corrected chi connectivity index (χ4v) is 2.00. The molecule has 0 saturated carbocycles. The minimum atomic E-state index is 0. The highest BCUT2D eigenvalue weighted by molar-refractivity contribution is 5.85. The van der Waals surface area contributed by atoms with Gasteiger partial charge in [0, 0.05) is 31.4 Å². The largest absolute Gasteiger partial charge is 0.497 e. The van der Waals surface area contributed by atoms with E-state index in [1.54, 1.807) is 7.11 Å². The molecule has 1 aromatic rings. The third kappa shape index (κ3) is 3.95. The lowest BCUT2D eigenvalue weighted by molar-refractivity contribution is 0.414. The Balaban J connectivity index is 0.00000128. The van der Waals surface area contributed by atoms with Crippen molar-refractivity contribution in [1.29, 1.82) is 0 Å². The summed E-state index contributed by atoms with van der Waals surface area (Å²) in [4.78, 5) is 2.43. The SMILES string of the molecule is COc1ccc(N2CCNCC2C)cc1.Cl.Cl. The number of nitrogens with one attached hydrogen (secondary N) is 1. The van der Waals surface area contributed by atoms with Crippen molar-refractivity contribution in [3.05, 3.63) is 24.3 Å². The molecule has 0 amide bonds. The first kappa shape index (κ1) is 16.4. The summed E-state index contributed by atoms with van der Waals surface area (Å²) in [5.41, 5.74) is 1.28. The number of ether oxygens (including phenoxy) is 1. The van der Waals surface area contributed by atoms with E-state index in [4.69, 9.17) is 4.74 Å². The summed E-state index contributed by atoms with van der Waals surface area (Å²) in [5.74, 6) is 0.918. The van der Waals surface area contributed by atoms with E-state index in [-0.39, 0.29) is 24.8 Å². The molecule has 1 aromatic carbocycles. The molecule has 1 heterocycles. The Morgan fingerprint density at radius 2 is 1.88 bits per heavy atom. The topological polar surface area (TPSA) is 24.5 Å². The molecule has 1 N–H and O–H groups in total. The molecule has 1 aliphatic heterocycles. The number of piperazine rings is 1. The highest BCUT2D eigenvalue weighted by Gasteiger charge is 2.17. The molecule has 0 radical (unpaired) electrons. The molecule has 1 atom stereocenters. The smallest absolute Gasteiger partial charge is 0.119 e. The predicted molar refractivity (Wildman–Crippen MR) is 77.2 cm³/mol. The van der Waals surface area contributed by atoms with E-state index >= 15 is 0 Å². The molecule has 2 rings (SSSR count). The van der Waals surface area contributed by atoms with Crippen molar-refractivity contribution in [2.75, 3.05) is 31.6 Å². The monoisotopic (exact) mass is 278 g/mol. The standard InChI is InChI=1S/C12H18N2O.2ClH/c1-10-9-13-7-8-14(10)11-3-5-12(15-2)6-4-11;;/h3-6,10,13H,7-9H2,1-2H3;2*1H. The van der Waals surface area contributed by atoms with Crippen LogP contribution in [0.1, 0.15) is 6.92 Å². The van der Waals surface area contributed by atoms with Crippen molar-refractivity contribution in [2.45, 2.75) is 13.0 Å². The Bertz CT molecular complexity index is 319. The van der Waals surface area contributed by atoms with Gasteiger partial charge in [0.2, 0.25) is 0 Å². The van der Waals surface area contributed by atoms with E-state index in [1.807, 2.05) is 12.1 Å². The summed E-state index contributed by atoms with van der Waals surface area (Å²) in [6, 6.07) is 8.85. The summed E-state index contributed by atoms with van der Waals surface area (Å²) < 4.78 is 5.15. The summed E-state index contributed by atoms with van der Waals surface area (Å²) >= 11 is 0. The quantitative estimate of drug-likeness (QED) is 0.899. The number of benzene rings is 1. The highest BCUT2D eigenvalue weighted by Crippen LogP contribution is 2.21. The minimum Gasteiger partial charge on any atom is -0.497 e. The van der Waals surface area contributed by atoms with Gasteiger partial charge in [-0.3, -0.25) is 0 Å². The number of nitrogens with zero attached hydrogens (tertiary/aromatic N) is 1. The van der Waals surface area contributed by atoms with Crippen LogP contribution in [0.4, 0.5) is 5.69 Å². The van der Waals surface area contributed by atoms with E-state index in [0.717, 1.165) is 25.4 Å². The van der Waals surface area contributed by atoms with Gasteiger partial charge in [0.1, 0.15) is 5.75 Å². The molecule has 17 heavy (non-hydrogen) atoms. The zero-order valence-corrected chi connectivity index (χ0v) is 11.8. The van der Waals surface area contributed by atoms with Crippen LogP contribution in [0.5, 0.6) is 5.75 Å². The van der Waals surface area contributed by atoms with E-state index in [0.29, 0.717) is 6.04 Å². The maximum Gasteiger partial charge on any atom is 0.119 e. The first-order chi connectivity index (χ1) is 7.31. The van der Waals surface area contributed by atoms with Gasteiger partial charge < -0.3 is 15.0 Å². The first-order valence-electron chi connectivity index (χ1n) is 5.42.